The van der Waals surface area contributed by atoms with Crippen LogP contribution in [0, 0.1) is 6.92 Å². The highest BCUT2D eigenvalue weighted by Crippen LogP contribution is 2.12. The van der Waals surface area contributed by atoms with Gasteiger partial charge in [0.25, 0.3) is 0 Å². The molecule has 0 saturated heterocycles. The van der Waals surface area contributed by atoms with Gasteiger partial charge in [0.15, 0.2) is 0 Å². The highest BCUT2D eigenvalue weighted by molar-refractivity contribution is 5.47. The zero-order chi connectivity index (χ0) is 13.5. The van der Waals surface area contributed by atoms with Crippen molar-refractivity contribution in [3.63, 3.8) is 0 Å². The van der Waals surface area contributed by atoms with E-state index in [1.54, 1.807) is 6.26 Å². The number of aromatic nitrogens is 2. The lowest BCUT2D eigenvalue weighted by Gasteiger charge is -2.09. The Labute approximate surface area is 112 Å². The molecule has 0 aliphatic carbocycles. The second kappa shape index (κ2) is 6.75. The van der Waals surface area contributed by atoms with E-state index in [9.17, 15) is 0 Å². The van der Waals surface area contributed by atoms with E-state index in [0.29, 0.717) is 6.54 Å². The standard InChI is InChI=1S/C13H19N5O/c1-10-17-12(15-6-5-14-2)8-13(18-10)16-9-11-4-3-7-19-11/h3-4,7-8,14H,5-6,9H2,1-2H3,(H2,15,16,17,18). The number of anilines is 2. The average molecular weight is 261 g/mol. The third kappa shape index (κ3) is 4.26. The van der Waals surface area contributed by atoms with E-state index in [2.05, 4.69) is 25.9 Å². The number of likely N-dealkylation sites (N-methyl/N-ethyl adjacent to an activating group) is 1. The predicted octanol–water partition coefficient (Wildman–Crippen LogP) is 1.62. The van der Waals surface area contributed by atoms with Crippen molar-refractivity contribution >= 4 is 11.6 Å². The van der Waals surface area contributed by atoms with Gasteiger partial charge in [0.05, 0.1) is 12.8 Å². The molecule has 102 valence electrons. The SMILES string of the molecule is CNCCNc1cc(NCc2ccco2)nc(C)n1. The molecule has 6 nitrogen and oxygen atoms in total. The summed E-state index contributed by atoms with van der Waals surface area (Å²) in [5.74, 6) is 3.22. The summed E-state index contributed by atoms with van der Waals surface area (Å²) in [5.41, 5.74) is 0. The van der Waals surface area contributed by atoms with Crippen LogP contribution in [0.5, 0.6) is 0 Å². The molecule has 0 atom stereocenters. The van der Waals surface area contributed by atoms with Crippen molar-refractivity contribution in [3.8, 4) is 0 Å². The Morgan fingerprint density at radius 2 is 1.95 bits per heavy atom. The Hall–Kier alpha value is -2.08. The molecule has 2 heterocycles. The Morgan fingerprint density at radius 1 is 1.16 bits per heavy atom. The van der Waals surface area contributed by atoms with Gasteiger partial charge in [-0.05, 0) is 26.1 Å². The lowest BCUT2D eigenvalue weighted by Crippen LogP contribution is -2.18. The molecule has 19 heavy (non-hydrogen) atoms. The van der Waals surface area contributed by atoms with Crippen molar-refractivity contribution in [2.75, 3.05) is 30.8 Å². The van der Waals surface area contributed by atoms with Gasteiger partial charge in [-0.1, -0.05) is 0 Å². The fourth-order valence-corrected chi connectivity index (χ4v) is 1.66. The van der Waals surface area contributed by atoms with Gasteiger partial charge in [-0.25, -0.2) is 9.97 Å². The average Bonchev–Trinajstić information content (AvgIpc) is 2.89. The molecule has 2 rings (SSSR count). The molecular formula is C13H19N5O. The van der Waals surface area contributed by atoms with Crippen LogP contribution in [0.4, 0.5) is 11.6 Å². The van der Waals surface area contributed by atoms with Gasteiger partial charge in [-0.3, -0.25) is 0 Å². The normalized spacial score (nSPS) is 10.4. The Balaban J connectivity index is 1.95. The monoisotopic (exact) mass is 261 g/mol. The van der Waals surface area contributed by atoms with E-state index >= 15 is 0 Å². The summed E-state index contributed by atoms with van der Waals surface area (Å²) in [6.45, 7) is 4.20. The van der Waals surface area contributed by atoms with Crippen molar-refractivity contribution < 1.29 is 4.42 Å². The number of nitrogens with zero attached hydrogens (tertiary/aromatic N) is 2. The third-order valence-electron chi connectivity index (χ3n) is 2.54. The van der Waals surface area contributed by atoms with Gasteiger partial charge in [0, 0.05) is 19.2 Å². The Morgan fingerprint density at radius 3 is 2.63 bits per heavy atom. The van der Waals surface area contributed by atoms with Crippen molar-refractivity contribution in [2.24, 2.45) is 0 Å². The topological polar surface area (TPSA) is 75.0 Å². The van der Waals surface area contributed by atoms with E-state index in [1.165, 1.54) is 0 Å². The number of aryl methyl sites for hydroxylation is 1. The van der Waals surface area contributed by atoms with Gasteiger partial charge >= 0.3 is 0 Å². The number of hydrogen-bond acceptors (Lipinski definition) is 6. The maximum absolute atomic E-state index is 5.27. The summed E-state index contributed by atoms with van der Waals surface area (Å²) < 4.78 is 5.27. The van der Waals surface area contributed by atoms with Crippen LogP contribution in [-0.2, 0) is 6.54 Å². The number of rotatable bonds is 7. The first-order valence-electron chi connectivity index (χ1n) is 6.28. The van der Waals surface area contributed by atoms with Crippen LogP contribution in [0.25, 0.3) is 0 Å². The van der Waals surface area contributed by atoms with E-state index in [1.807, 2.05) is 32.2 Å². The Kier molecular flexibility index (Phi) is 4.74. The number of furan rings is 1. The molecule has 0 radical (unpaired) electrons. The van der Waals surface area contributed by atoms with E-state index < -0.39 is 0 Å². The van der Waals surface area contributed by atoms with E-state index in [0.717, 1.165) is 36.3 Å². The van der Waals surface area contributed by atoms with Crippen LogP contribution in [0.3, 0.4) is 0 Å². The smallest absolute Gasteiger partial charge is 0.132 e. The van der Waals surface area contributed by atoms with Crippen LogP contribution in [0.2, 0.25) is 0 Å². The lowest BCUT2D eigenvalue weighted by atomic mass is 10.4. The molecule has 0 aromatic carbocycles. The molecule has 0 saturated carbocycles. The van der Waals surface area contributed by atoms with Crippen molar-refractivity contribution in [2.45, 2.75) is 13.5 Å². The fourth-order valence-electron chi connectivity index (χ4n) is 1.66. The second-order valence-corrected chi connectivity index (χ2v) is 4.15. The predicted molar refractivity (Wildman–Crippen MR) is 75.2 cm³/mol. The van der Waals surface area contributed by atoms with E-state index in [4.69, 9.17) is 4.42 Å². The zero-order valence-electron chi connectivity index (χ0n) is 11.2. The molecule has 0 aliphatic rings. The lowest BCUT2D eigenvalue weighted by molar-refractivity contribution is 0.518. The molecule has 3 N–H and O–H groups in total. The molecule has 0 fully saturated rings. The molecule has 0 spiro atoms. The zero-order valence-corrected chi connectivity index (χ0v) is 11.2. The molecule has 0 aliphatic heterocycles. The first kappa shape index (κ1) is 13.4. The van der Waals surface area contributed by atoms with Crippen LogP contribution in [0.15, 0.2) is 28.9 Å². The third-order valence-corrected chi connectivity index (χ3v) is 2.54. The summed E-state index contributed by atoms with van der Waals surface area (Å²) in [6, 6.07) is 5.69. The molecule has 6 heteroatoms. The van der Waals surface area contributed by atoms with Gasteiger partial charge in [-0.15, -0.1) is 0 Å². The molecule has 0 amide bonds. The van der Waals surface area contributed by atoms with Crippen molar-refractivity contribution in [1.29, 1.82) is 0 Å². The van der Waals surface area contributed by atoms with Crippen LogP contribution in [0.1, 0.15) is 11.6 Å². The fraction of sp³-hybridized carbons (Fsp3) is 0.385. The number of hydrogen-bond donors (Lipinski definition) is 3. The highest BCUT2D eigenvalue weighted by atomic mass is 16.3. The van der Waals surface area contributed by atoms with Crippen molar-refractivity contribution in [3.05, 3.63) is 36.0 Å². The minimum absolute atomic E-state index is 0.611. The summed E-state index contributed by atoms with van der Waals surface area (Å²) in [4.78, 5) is 8.68. The van der Waals surface area contributed by atoms with Gasteiger partial charge in [0.1, 0.15) is 23.2 Å². The maximum atomic E-state index is 5.27. The largest absolute Gasteiger partial charge is 0.467 e. The van der Waals surface area contributed by atoms with Crippen molar-refractivity contribution in [1.82, 2.24) is 15.3 Å². The molecule has 2 aromatic rings. The minimum Gasteiger partial charge on any atom is -0.467 e. The van der Waals surface area contributed by atoms with Crippen LogP contribution < -0.4 is 16.0 Å². The summed E-state index contributed by atoms with van der Waals surface area (Å²) in [5, 5.41) is 9.54. The summed E-state index contributed by atoms with van der Waals surface area (Å²) in [7, 11) is 1.92. The first-order chi connectivity index (χ1) is 9.28. The molecule has 0 unspecified atom stereocenters. The quantitative estimate of drug-likeness (QED) is 0.658. The van der Waals surface area contributed by atoms with Gasteiger partial charge < -0.3 is 20.4 Å². The second-order valence-electron chi connectivity index (χ2n) is 4.15. The highest BCUT2D eigenvalue weighted by Gasteiger charge is 2.02. The summed E-state index contributed by atoms with van der Waals surface area (Å²) in [6.07, 6.45) is 1.66. The van der Waals surface area contributed by atoms with Gasteiger partial charge in [-0.2, -0.15) is 0 Å². The van der Waals surface area contributed by atoms with Gasteiger partial charge in [0.2, 0.25) is 0 Å². The maximum Gasteiger partial charge on any atom is 0.132 e. The molecular weight excluding hydrogens is 242 g/mol. The molecule has 0 bridgehead atoms. The Bertz CT molecular complexity index is 498. The van der Waals surface area contributed by atoms with Crippen LogP contribution in [-0.4, -0.2) is 30.1 Å². The minimum atomic E-state index is 0.611. The molecule has 2 aromatic heterocycles. The summed E-state index contributed by atoms with van der Waals surface area (Å²) >= 11 is 0. The van der Waals surface area contributed by atoms with E-state index in [-0.39, 0.29) is 0 Å². The van der Waals surface area contributed by atoms with Crippen LogP contribution >= 0.6 is 0 Å². The number of nitrogens with one attached hydrogen (secondary N) is 3. The first-order valence-corrected chi connectivity index (χ1v) is 6.28.